The van der Waals surface area contributed by atoms with E-state index in [0.29, 0.717) is 18.9 Å². The molecule has 1 aliphatic rings. The molecule has 0 spiro atoms. The number of nitrogens with one attached hydrogen (secondary N) is 1. The Balaban J connectivity index is 1.93. The third-order valence-electron chi connectivity index (χ3n) is 5.32. The van der Waals surface area contributed by atoms with Gasteiger partial charge in [-0.25, -0.2) is 0 Å². The van der Waals surface area contributed by atoms with Crippen LogP contribution in [0.5, 0.6) is 0 Å². The fraction of sp³-hybridized carbons (Fsp3) is 0.458. The van der Waals surface area contributed by atoms with Crippen molar-refractivity contribution in [1.82, 2.24) is 5.06 Å². The molecule has 1 heterocycles. The molecule has 156 valence electrons. The van der Waals surface area contributed by atoms with E-state index in [1.165, 1.54) is 11.1 Å². The average Bonchev–Trinajstić information content (AvgIpc) is 2.61. The Labute approximate surface area is 174 Å². The molecular weight excluding hydrogens is 362 g/mol. The minimum absolute atomic E-state index is 0.343. The van der Waals surface area contributed by atoms with Crippen LogP contribution < -0.4 is 5.32 Å². The number of piperidine rings is 1. The summed E-state index contributed by atoms with van der Waals surface area (Å²) in [4.78, 5) is 11.1. The molecular formula is C24H33N3O2. The van der Waals surface area contributed by atoms with Gasteiger partial charge in [0.05, 0.1) is 22.9 Å². The van der Waals surface area contributed by atoms with Crippen molar-refractivity contribution in [2.75, 3.05) is 5.32 Å². The van der Waals surface area contributed by atoms with Gasteiger partial charge in [0.2, 0.25) is 0 Å². The van der Waals surface area contributed by atoms with Gasteiger partial charge in [0.1, 0.15) is 0 Å². The molecule has 0 atom stereocenters. The number of aliphatic hydroxyl groups is 1. The number of aliphatic imine (C=N–C) groups is 1. The predicted octanol–water partition coefficient (Wildman–Crippen LogP) is 5.35. The lowest BCUT2D eigenvalue weighted by Crippen LogP contribution is -2.62. The fourth-order valence-corrected chi connectivity index (χ4v) is 4.11. The highest BCUT2D eigenvalue weighted by Crippen LogP contribution is 2.38. The second kappa shape index (κ2) is 8.17. The molecule has 1 aliphatic heterocycles. The van der Waals surface area contributed by atoms with Crippen molar-refractivity contribution in [3.05, 3.63) is 59.7 Å². The van der Waals surface area contributed by atoms with Crippen LogP contribution in [0.3, 0.4) is 0 Å². The Hall–Kier alpha value is -2.37. The first-order valence-electron chi connectivity index (χ1n) is 10.2. The van der Waals surface area contributed by atoms with Crippen LogP contribution in [0.4, 0.5) is 11.4 Å². The number of nitrogens with zero attached hydrogens (tertiary/aromatic N) is 2. The monoisotopic (exact) mass is 395 g/mol. The van der Waals surface area contributed by atoms with Crippen molar-refractivity contribution in [3.8, 4) is 0 Å². The maximum atomic E-state index is 10.3. The highest BCUT2D eigenvalue weighted by atomic mass is 16.7. The van der Waals surface area contributed by atoms with Gasteiger partial charge in [0, 0.05) is 5.69 Å². The third-order valence-corrected chi connectivity index (χ3v) is 5.32. The van der Waals surface area contributed by atoms with Gasteiger partial charge < -0.3 is 15.3 Å². The van der Waals surface area contributed by atoms with Gasteiger partial charge in [-0.3, -0.25) is 0 Å². The van der Waals surface area contributed by atoms with Crippen LogP contribution in [0.15, 0.2) is 53.5 Å². The second-order valence-electron chi connectivity index (χ2n) is 9.32. The first kappa shape index (κ1) is 21.3. The zero-order valence-corrected chi connectivity index (χ0v) is 18.4. The lowest BCUT2D eigenvalue weighted by Gasteiger charge is -2.52. The molecule has 2 N–H and O–H groups in total. The molecule has 2 aromatic carbocycles. The number of amidine groups is 1. The summed E-state index contributed by atoms with van der Waals surface area (Å²) >= 11 is 0. The molecule has 5 heteroatoms. The number of hydrogen-bond acceptors (Lipinski definition) is 4. The summed E-state index contributed by atoms with van der Waals surface area (Å²) in [6, 6.07) is 16.6. The minimum atomic E-state index is -0.345. The van der Waals surface area contributed by atoms with E-state index in [4.69, 9.17) is 9.83 Å². The van der Waals surface area contributed by atoms with Crippen LogP contribution in [0.2, 0.25) is 0 Å². The molecule has 3 rings (SSSR count). The van der Waals surface area contributed by atoms with Crippen LogP contribution in [-0.4, -0.2) is 33.4 Å². The van der Waals surface area contributed by atoms with Crippen molar-refractivity contribution >= 4 is 17.4 Å². The van der Waals surface area contributed by atoms with Gasteiger partial charge in [-0.15, -0.1) is 5.06 Å². The molecule has 1 fully saturated rings. The first-order chi connectivity index (χ1) is 13.5. The summed E-state index contributed by atoms with van der Waals surface area (Å²) < 4.78 is 0. The van der Waals surface area contributed by atoms with Crippen LogP contribution >= 0.6 is 0 Å². The summed E-state index contributed by atoms with van der Waals surface area (Å²) in [5.41, 5.74) is 3.42. The molecule has 29 heavy (non-hydrogen) atoms. The Bertz CT molecular complexity index is 837. The fourth-order valence-electron chi connectivity index (χ4n) is 4.11. The Morgan fingerprint density at radius 3 is 1.93 bits per heavy atom. The van der Waals surface area contributed by atoms with E-state index >= 15 is 0 Å². The second-order valence-corrected chi connectivity index (χ2v) is 9.32. The standard InChI is InChI=1S/C24H33N3O2/c1-17-7-11-19(12-8-17)25-22(26-20-13-9-18(2)10-14-20)29-27-23(3,4)15-21(28)16-24(27,5)6/h7-14,21,28H,15-16H2,1-6H3,(H,25,26). The molecule has 0 radical (unpaired) electrons. The number of benzene rings is 2. The van der Waals surface area contributed by atoms with E-state index in [9.17, 15) is 5.11 Å². The van der Waals surface area contributed by atoms with Gasteiger partial charge in [-0.1, -0.05) is 35.4 Å². The smallest absolute Gasteiger partial charge is 0.314 e. The third kappa shape index (κ3) is 5.37. The number of anilines is 1. The van der Waals surface area contributed by atoms with Crippen LogP contribution in [0, 0.1) is 13.8 Å². The van der Waals surface area contributed by atoms with Crippen molar-refractivity contribution in [3.63, 3.8) is 0 Å². The lowest BCUT2D eigenvalue weighted by atomic mass is 9.80. The number of rotatable bonds is 3. The van der Waals surface area contributed by atoms with Crippen molar-refractivity contribution in [2.24, 2.45) is 4.99 Å². The number of hydroxylamine groups is 2. The first-order valence-corrected chi connectivity index (χ1v) is 10.2. The zero-order chi connectivity index (χ0) is 21.2. The largest absolute Gasteiger partial charge is 0.393 e. The Morgan fingerprint density at radius 2 is 1.41 bits per heavy atom. The Kier molecular flexibility index (Phi) is 6.01. The van der Waals surface area contributed by atoms with Crippen LogP contribution in [0.25, 0.3) is 0 Å². The summed E-state index contributed by atoms with van der Waals surface area (Å²) in [6.45, 7) is 12.5. The van der Waals surface area contributed by atoms with E-state index in [-0.39, 0.29) is 17.2 Å². The molecule has 2 aromatic rings. The zero-order valence-electron chi connectivity index (χ0n) is 18.4. The number of aliphatic hydroxyl groups excluding tert-OH is 1. The minimum Gasteiger partial charge on any atom is -0.393 e. The van der Waals surface area contributed by atoms with Crippen LogP contribution in [0.1, 0.15) is 51.7 Å². The molecule has 0 amide bonds. The van der Waals surface area contributed by atoms with E-state index in [2.05, 4.69) is 59.0 Å². The maximum Gasteiger partial charge on any atom is 0.314 e. The average molecular weight is 396 g/mol. The summed E-state index contributed by atoms with van der Waals surface area (Å²) in [6.07, 6.45) is 0.930. The van der Waals surface area contributed by atoms with Crippen molar-refractivity contribution in [1.29, 1.82) is 0 Å². The van der Waals surface area contributed by atoms with Gasteiger partial charge in [0.25, 0.3) is 0 Å². The lowest BCUT2D eigenvalue weighted by molar-refractivity contribution is -0.243. The van der Waals surface area contributed by atoms with Gasteiger partial charge in [-0.2, -0.15) is 4.99 Å². The van der Waals surface area contributed by atoms with Gasteiger partial charge in [0.15, 0.2) is 0 Å². The maximum absolute atomic E-state index is 10.3. The quantitative estimate of drug-likeness (QED) is 0.543. The molecule has 0 saturated carbocycles. The van der Waals surface area contributed by atoms with E-state index < -0.39 is 0 Å². The van der Waals surface area contributed by atoms with E-state index in [0.717, 1.165) is 11.4 Å². The normalized spacial score (nSPS) is 19.8. The van der Waals surface area contributed by atoms with E-state index in [1.54, 1.807) is 0 Å². The molecule has 1 saturated heterocycles. The summed E-state index contributed by atoms with van der Waals surface area (Å²) in [5.74, 6) is 0. The Morgan fingerprint density at radius 1 is 0.931 bits per heavy atom. The predicted molar refractivity (Wildman–Crippen MR) is 119 cm³/mol. The molecule has 5 nitrogen and oxygen atoms in total. The van der Waals surface area contributed by atoms with Gasteiger partial charge >= 0.3 is 6.02 Å². The molecule has 0 aliphatic carbocycles. The highest BCUT2D eigenvalue weighted by molar-refractivity contribution is 5.90. The number of aryl methyl sites for hydroxylation is 2. The molecule has 0 unspecified atom stereocenters. The SMILES string of the molecule is Cc1ccc(/N=C(/Nc2ccc(C)cc2)ON2C(C)(C)CC(O)CC2(C)C)cc1. The van der Waals surface area contributed by atoms with Gasteiger partial charge in [-0.05, 0) is 78.6 Å². The highest BCUT2D eigenvalue weighted by Gasteiger charge is 2.47. The summed E-state index contributed by atoms with van der Waals surface area (Å²) in [7, 11) is 0. The topological polar surface area (TPSA) is 57.1 Å². The van der Waals surface area contributed by atoms with Crippen molar-refractivity contribution in [2.45, 2.75) is 71.6 Å². The molecule has 0 aromatic heterocycles. The van der Waals surface area contributed by atoms with Crippen LogP contribution in [-0.2, 0) is 4.84 Å². The number of hydrogen-bond donors (Lipinski definition) is 2. The molecule has 0 bridgehead atoms. The van der Waals surface area contributed by atoms with E-state index in [1.807, 2.05) is 41.5 Å². The summed E-state index contributed by atoms with van der Waals surface area (Å²) in [5, 5.41) is 15.6. The van der Waals surface area contributed by atoms with Crippen molar-refractivity contribution < 1.29 is 9.94 Å².